The molecule has 1 atom stereocenters. The number of hydrogen-bond donors (Lipinski definition) is 1. The van der Waals surface area contributed by atoms with Gasteiger partial charge in [0.15, 0.2) is 0 Å². The summed E-state index contributed by atoms with van der Waals surface area (Å²) in [7, 11) is 0. The van der Waals surface area contributed by atoms with Gasteiger partial charge in [0.2, 0.25) is 0 Å². The van der Waals surface area contributed by atoms with Gasteiger partial charge in [0.1, 0.15) is 0 Å². The molecule has 0 bridgehead atoms. The second-order valence-corrected chi connectivity index (χ2v) is 3.67. The second-order valence-electron chi connectivity index (χ2n) is 3.36. The number of rotatable bonds is 5. The minimum atomic E-state index is 0.625. The van der Waals surface area contributed by atoms with Crippen LogP contribution in [-0.4, -0.2) is 19.0 Å². The number of alkyl halides is 1. The third-order valence-corrected chi connectivity index (χ3v) is 2.41. The summed E-state index contributed by atoms with van der Waals surface area (Å²) < 4.78 is 0. The average Bonchev–Trinajstić information content (AvgIpc) is 2.71. The van der Waals surface area contributed by atoms with E-state index in [0.29, 0.717) is 5.92 Å². The van der Waals surface area contributed by atoms with Crippen LogP contribution in [0.25, 0.3) is 0 Å². The summed E-state index contributed by atoms with van der Waals surface area (Å²) in [5.74, 6) is 2.39. The summed E-state index contributed by atoms with van der Waals surface area (Å²) in [5, 5.41) is 3.41. The molecule has 1 nitrogen and oxygen atoms in total. The zero-order valence-electron chi connectivity index (χ0n) is 6.57. The lowest BCUT2D eigenvalue weighted by Crippen LogP contribution is -2.23. The number of halogens is 1. The van der Waals surface area contributed by atoms with Crippen molar-refractivity contribution in [3.05, 3.63) is 0 Å². The summed E-state index contributed by atoms with van der Waals surface area (Å²) in [6.45, 7) is 4.47. The van der Waals surface area contributed by atoms with E-state index in [1.165, 1.54) is 19.4 Å². The Hall–Kier alpha value is 0.250. The van der Waals surface area contributed by atoms with Crippen LogP contribution in [0, 0.1) is 11.8 Å². The van der Waals surface area contributed by atoms with Crippen LogP contribution in [0.1, 0.15) is 19.8 Å². The van der Waals surface area contributed by atoms with Crippen molar-refractivity contribution < 1.29 is 0 Å². The predicted molar refractivity (Wildman–Crippen MR) is 45.5 cm³/mol. The van der Waals surface area contributed by atoms with E-state index >= 15 is 0 Å². The van der Waals surface area contributed by atoms with Gasteiger partial charge in [-0.1, -0.05) is 6.92 Å². The van der Waals surface area contributed by atoms with Crippen LogP contribution in [0.5, 0.6) is 0 Å². The molecular formula is C8H16ClN. The Morgan fingerprint density at radius 1 is 1.60 bits per heavy atom. The van der Waals surface area contributed by atoms with Gasteiger partial charge in [-0.15, -0.1) is 11.6 Å². The van der Waals surface area contributed by atoms with Gasteiger partial charge < -0.3 is 5.32 Å². The van der Waals surface area contributed by atoms with Crippen LogP contribution >= 0.6 is 11.6 Å². The Morgan fingerprint density at radius 2 is 2.30 bits per heavy atom. The molecule has 2 heteroatoms. The van der Waals surface area contributed by atoms with Crippen LogP contribution in [0.15, 0.2) is 0 Å². The third-order valence-electron chi connectivity index (χ3n) is 1.89. The second kappa shape index (κ2) is 4.20. The van der Waals surface area contributed by atoms with E-state index in [-0.39, 0.29) is 0 Å². The SMILES string of the molecule is CC(CCl)CNCC1CC1. The normalized spacial score (nSPS) is 21.0. The van der Waals surface area contributed by atoms with Gasteiger partial charge in [0, 0.05) is 5.88 Å². The highest BCUT2D eigenvalue weighted by molar-refractivity contribution is 6.18. The fourth-order valence-electron chi connectivity index (χ4n) is 0.910. The molecule has 1 saturated carbocycles. The van der Waals surface area contributed by atoms with Gasteiger partial charge in [-0.2, -0.15) is 0 Å². The maximum absolute atomic E-state index is 5.64. The molecule has 1 unspecified atom stereocenters. The minimum Gasteiger partial charge on any atom is -0.316 e. The summed E-state index contributed by atoms with van der Waals surface area (Å²) in [5.41, 5.74) is 0. The molecule has 0 amide bonds. The molecule has 10 heavy (non-hydrogen) atoms. The van der Waals surface area contributed by atoms with Crippen LogP contribution in [0.4, 0.5) is 0 Å². The highest BCUT2D eigenvalue weighted by Gasteiger charge is 2.20. The van der Waals surface area contributed by atoms with Crippen molar-refractivity contribution in [2.24, 2.45) is 11.8 Å². The number of hydrogen-bond acceptors (Lipinski definition) is 1. The zero-order valence-corrected chi connectivity index (χ0v) is 7.32. The molecule has 60 valence electrons. The molecule has 0 radical (unpaired) electrons. The first kappa shape index (κ1) is 8.35. The molecule has 0 aromatic heterocycles. The molecule has 0 saturated heterocycles. The van der Waals surface area contributed by atoms with Gasteiger partial charge in [0.25, 0.3) is 0 Å². The smallest absolute Gasteiger partial charge is 0.0261 e. The first-order valence-corrected chi connectivity index (χ1v) is 4.63. The molecule has 1 aliphatic rings. The van der Waals surface area contributed by atoms with Crippen LogP contribution in [-0.2, 0) is 0 Å². The Labute approximate surface area is 68.1 Å². The maximum Gasteiger partial charge on any atom is 0.0261 e. The molecular weight excluding hydrogens is 146 g/mol. The van der Waals surface area contributed by atoms with Crippen molar-refractivity contribution >= 4 is 11.6 Å². The number of nitrogens with one attached hydrogen (secondary N) is 1. The fourth-order valence-corrected chi connectivity index (χ4v) is 1.02. The van der Waals surface area contributed by atoms with Gasteiger partial charge in [-0.3, -0.25) is 0 Å². The van der Waals surface area contributed by atoms with E-state index in [0.717, 1.165) is 18.3 Å². The quantitative estimate of drug-likeness (QED) is 0.607. The lowest BCUT2D eigenvalue weighted by atomic mass is 10.2. The Bertz CT molecular complexity index is 91.3. The van der Waals surface area contributed by atoms with E-state index < -0.39 is 0 Å². The summed E-state index contributed by atoms with van der Waals surface area (Å²) in [6, 6.07) is 0. The van der Waals surface area contributed by atoms with Crippen molar-refractivity contribution in [3.8, 4) is 0 Å². The lowest BCUT2D eigenvalue weighted by Gasteiger charge is -2.07. The molecule has 1 aliphatic carbocycles. The topological polar surface area (TPSA) is 12.0 Å². The first-order chi connectivity index (χ1) is 4.83. The highest BCUT2D eigenvalue weighted by atomic mass is 35.5. The molecule has 0 aromatic carbocycles. The van der Waals surface area contributed by atoms with Gasteiger partial charge in [0.05, 0.1) is 0 Å². The van der Waals surface area contributed by atoms with Crippen molar-refractivity contribution in [2.75, 3.05) is 19.0 Å². The Kier molecular flexibility index (Phi) is 3.50. The Morgan fingerprint density at radius 3 is 2.80 bits per heavy atom. The first-order valence-electron chi connectivity index (χ1n) is 4.09. The zero-order chi connectivity index (χ0) is 7.40. The third kappa shape index (κ3) is 3.43. The van der Waals surface area contributed by atoms with Gasteiger partial charge >= 0.3 is 0 Å². The predicted octanol–water partition coefficient (Wildman–Crippen LogP) is 1.86. The van der Waals surface area contributed by atoms with E-state index in [2.05, 4.69) is 12.2 Å². The molecule has 0 aliphatic heterocycles. The van der Waals surface area contributed by atoms with Crippen molar-refractivity contribution in [3.63, 3.8) is 0 Å². The van der Waals surface area contributed by atoms with Crippen molar-refractivity contribution in [1.82, 2.24) is 5.32 Å². The summed E-state index contributed by atoms with van der Waals surface area (Å²) in [4.78, 5) is 0. The fraction of sp³-hybridized carbons (Fsp3) is 1.00. The molecule has 0 aromatic rings. The van der Waals surface area contributed by atoms with Crippen LogP contribution in [0.3, 0.4) is 0 Å². The van der Waals surface area contributed by atoms with E-state index in [4.69, 9.17) is 11.6 Å². The highest BCUT2D eigenvalue weighted by Crippen LogP contribution is 2.27. The van der Waals surface area contributed by atoms with E-state index in [1.54, 1.807) is 0 Å². The summed E-state index contributed by atoms with van der Waals surface area (Å²) >= 11 is 5.64. The van der Waals surface area contributed by atoms with E-state index in [9.17, 15) is 0 Å². The lowest BCUT2D eigenvalue weighted by molar-refractivity contribution is 0.540. The molecule has 0 spiro atoms. The molecule has 0 heterocycles. The van der Waals surface area contributed by atoms with E-state index in [1.807, 2.05) is 0 Å². The largest absolute Gasteiger partial charge is 0.316 e. The minimum absolute atomic E-state index is 0.625. The molecule has 1 N–H and O–H groups in total. The van der Waals surface area contributed by atoms with Crippen molar-refractivity contribution in [1.29, 1.82) is 0 Å². The van der Waals surface area contributed by atoms with Gasteiger partial charge in [-0.05, 0) is 37.8 Å². The van der Waals surface area contributed by atoms with Crippen LogP contribution < -0.4 is 5.32 Å². The van der Waals surface area contributed by atoms with Crippen molar-refractivity contribution in [2.45, 2.75) is 19.8 Å². The monoisotopic (exact) mass is 161 g/mol. The maximum atomic E-state index is 5.64. The van der Waals surface area contributed by atoms with Crippen LogP contribution in [0.2, 0.25) is 0 Å². The van der Waals surface area contributed by atoms with Gasteiger partial charge in [-0.25, -0.2) is 0 Å². The Balaban J connectivity index is 1.83. The molecule has 1 rings (SSSR count). The average molecular weight is 162 g/mol. The molecule has 1 fully saturated rings. The summed E-state index contributed by atoms with van der Waals surface area (Å²) in [6.07, 6.45) is 2.87. The standard InChI is InChI=1S/C8H16ClN/c1-7(4-9)5-10-6-8-2-3-8/h7-8,10H,2-6H2,1H3.